The SMILES string of the molecule is CCC(C)c1ccc(OCc2ccc(C(=O)Nc3ccc(Cl)cc3C(=O)c3ccccc3)o2)cc1. The van der Waals surface area contributed by atoms with E-state index in [1.807, 2.05) is 18.2 Å². The first-order valence-corrected chi connectivity index (χ1v) is 11.8. The van der Waals surface area contributed by atoms with Gasteiger partial charge < -0.3 is 14.5 Å². The molecule has 1 unspecified atom stereocenters. The fraction of sp³-hybridized carbons (Fsp3) is 0.172. The summed E-state index contributed by atoms with van der Waals surface area (Å²) in [6.07, 6.45) is 1.08. The number of hydrogen-bond donors (Lipinski definition) is 1. The molecule has 0 saturated carbocycles. The number of halogens is 1. The van der Waals surface area contributed by atoms with Crippen molar-refractivity contribution in [2.75, 3.05) is 5.32 Å². The molecule has 0 aliphatic carbocycles. The van der Waals surface area contributed by atoms with Gasteiger partial charge >= 0.3 is 0 Å². The molecule has 1 N–H and O–H groups in total. The van der Waals surface area contributed by atoms with Crippen molar-refractivity contribution in [1.29, 1.82) is 0 Å². The molecule has 1 amide bonds. The Morgan fingerprint density at radius 2 is 1.71 bits per heavy atom. The molecule has 178 valence electrons. The average molecular weight is 488 g/mol. The van der Waals surface area contributed by atoms with Gasteiger partial charge in [-0.1, -0.05) is 67.9 Å². The van der Waals surface area contributed by atoms with E-state index >= 15 is 0 Å². The van der Waals surface area contributed by atoms with Crippen LogP contribution >= 0.6 is 11.6 Å². The van der Waals surface area contributed by atoms with Crippen LogP contribution in [0.25, 0.3) is 0 Å². The third-order valence-electron chi connectivity index (χ3n) is 5.84. The Bertz CT molecular complexity index is 1310. The number of benzene rings is 3. The van der Waals surface area contributed by atoms with E-state index in [4.69, 9.17) is 20.8 Å². The Kier molecular flexibility index (Phi) is 7.68. The van der Waals surface area contributed by atoms with Gasteiger partial charge in [0.25, 0.3) is 5.91 Å². The third kappa shape index (κ3) is 6.00. The van der Waals surface area contributed by atoms with Gasteiger partial charge in [0.1, 0.15) is 18.1 Å². The second-order valence-corrected chi connectivity index (χ2v) is 8.71. The summed E-state index contributed by atoms with van der Waals surface area (Å²) >= 11 is 6.12. The zero-order valence-corrected chi connectivity index (χ0v) is 20.3. The van der Waals surface area contributed by atoms with E-state index in [1.165, 1.54) is 5.56 Å². The molecule has 0 bridgehead atoms. The summed E-state index contributed by atoms with van der Waals surface area (Å²) in [6.45, 7) is 4.54. The standard InChI is InChI=1S/C29H26ClNO4/c1-3-19(2)20-9-12-23(13-10-20)34-18-24-14-16-27(35-24)29(33)31-26-15-11-22(30)17-25(26)28(32)21-7-5-4-6-8-21/h4-17,19H,3,18H2,1-2H3,(H,31,33). The van der Waals surface area contributed by atoms with Crippen LogP contribution in [0.4, 0.5) is 5.69 Å². The number of ketones is 1. The monoisotopic (exact) mass is 487 g/mol. The predicted molar refractivity (Wildman–Crippen MR) is 137 cm³/mol. The molecule has 1 atom stereocenters. The second kappa shape index (κ2) is 11.1. The van der Waals surface area contributed by atoms with E-state index < -0.39 is 5.91 Å². The van der Waals surface area contributed by atoms with Crippen LogP contribution in [-0.4, -0.2) is 11.7 Å². The van der Waals surface area contributed by atoms with Crippen LogP contribution in [0.15, 0.2) is 89.3 Å². The lowest BCUT2D eigenvalue weighted by Crippen LogP contribution is -2.14. The first-order valence-electron chi connectivity index (χ1n) is 11.5. The number of anilines is 1. The predicted octanol–water partition coefficient (Wildman–Crippen LogP) is 7.51. The van der Waals surface area contributed by atoms with E-state index in [0.29, 0.717) is 33.5 Å². The molecule has 0 fully saturated rings. The first-order chi connectivity index (χ1) is 16.9. The fourth-order valence-electron chi connectivity index (χ4n) is 3.60. The Balaban J connectivity index is 1.43. The highest BCUT2D eigenvalue weighted by Crippen LogP contribution is 2.25. The number of furan rings is 1. The van der Waals surface area contributed by atoms with E-state index in [1.54, 1.807) is 54.6 Å². The van der Waals surface area contributed by atoms with Gasteiger partial charge in [-0.15, -0.1) is 0 Å². The molecule has 0 spiro atoms. The van der Waals surface area contributed by atoms with Crippen molar-refractivity contribution < 1.29 is 18.7 Å². The molecule has 0 saturated heterocycles. The smallest absolute Gasteiger partial charge is 0.291 e. The van der Waals surface area contributed by atoms with Crippen molar-refractivity contribution >= 4 is 29.0 Å². The van der Waals surface area contributed by atoms with Gasteiger partial charge in [-0.05, 0) is 60.4 Å². The number of hydrogen-bond acceptors (Lipinski definition) is 4. The number of amides is 1. The van der Waals surface area contributed by atoms with Crippen LogP contribution in [0.5, 0.6) is 5.75 Å². The number of rotatable bonds is 9. The Labute approximate surface area is 209 Å². The molecule has 1 heterocycles. The van der Waals surface area contributed by atoms with Crippen molar-refractivity contribution in [2.24, 2.45) is 0 Å². The Morgan fingerprint density at radius 3 is 2.43 bits per heavy atom. The summed E-state index contributed by atoms with van der Waals surface area (Å²) < 4.78 is 11.5. The zero-order valence-electron chi connectivity index (χ0n) is 19.6. The molecular weight excluding hydrogens is 462 g/mol. The summed E-state index contributed by atoms with van der Waals surface area (Å²) in [5, 5.41) is 3.16. The van der Waals surface area contributed by atoms with Gasteiger partial charge in [-0.2, -0.15) is 0 Å². The highest BCUT2D eigenvalue weighted by atomic mass is 35.5. The number of carbonyl (C=O) groups is 2. The highest BCUT2D eigenvalue weighted by Gasteiger charge is 2.18. The molecule has 3 aromatic carbocycles. The van der Waals surface area contributed by atoms with Crippen molar-refractivity contribution in [3.05, 3.63) is 118 Å². The number of carbonyl (C=O) groups excluding carboxylic acids is 2. The maximum absolute atomic E-state index is 13.0. The molecule has 35 heavy (non-hydrogen) atoms. The summed E-state index contributed by atoms with van der Waals surface area (Å²) in [6, 6.07) is 24.8. The zero-order chi connectivity index (χ0) is 24.8. The van der Waals surface area contributed by atoms with Crippen LogP contribution < -0.4 is 10.1 Å². The van der Waals surface area contributed by atoms with Crippen molar-refractivity contribution in [1.82, 2.24) is 0 Å². The first kappa shape index (κ1) is 24.3. The molecule has 6 heteroatoms. The summed E-state index contributed by atoms with van der Waals surface area (Å²) in [4.78, 5) is 25.8. The lowest BCUT2D eigenvalue weighted by molar-refractivity contribution is 0.0992. The molecule has 0 radical (unpaired) electrons. The molecule has 5 nitrogen and oxygen atoms in total. The van der Waals surface area contributed by atoms with Crippen LogP contribution in [0.2, 0.25) is 5.02 Å². The Hall–Kier alpha value is -3.83. The molecular formula is C29H26ClNO4. The van der Waals surface area contributed by atoms with Crippen LogP contribution in [0.1, 0.15) is 64.0 Å². The molecule has 4 aromatic rings. The van der Waals surface area contributed by atoms with E-state index in [9.17, 15) is 9.59 Å². The van der Waals surface area contributed by atoms with E-state index in [0.717, 1.165) is 12.2 Å². The van der Waals surface area contributed by atoms with E-state index in [2.05, 4.69) is 31.3 Å². The summed E-state index contributed by atoms with van der Waals surface area (Å²) in [5.41, 5.74) is 2.42. The lowest BCUT2D eigenvalue weighted by atomic mass is 9.99. The molecule has 0 aliphatic rings. The summed E-state index contributed by atoms with van der Waals surface area (Å²) in [5.74, 6) is 1.14. The number of ether oxygens (including phenoxy) is 1. The normalized spacial score (nSPS) is 11.6. The minimum absolute atomic E-state index is 0.115. The maximum atomic E-state index is 13.0. The van der Waals surface area contributed by atoms with Gasteiger partial charge in [0.05, 0.1) is 5.69 Å². The van der Waals surface area contributed by atoms with Gasteiger partial charge in [-0.25, -0.2) is 0 Å². The Morgan fingerprint density at radius 1 is 0.971 bits per heavy atom. The van der Waals surface area contributed by atoms with Crippen molar-refractivity contribution in [3.8, 4) is 5.75 Å². The lowest BCUT2D eigenvalue weighted by Gasteiger charge is -2.11. The molecule has 0 aliphatic heterocycles. The number of nitrogens with one attached hydrogen (secondary N) is 1. The molecule has 1 aromatic heterocycles. The van der Waals surface area contributed by atoms with Crippen molar-refractivity contribution in [2.45, 2.75) is 32.8 Å². The quantitative estimate of drug-likeness (QED) is 0.248. The highest BCUT2D eigenvalue weighted by molar-refractivity contribution is 6.31. The van der Waals surface area contributed by atoms with Gasteiger partial charge in [0, 0.05) is 16.1 Å². The summed E-state index contributed by atoms with van der Waals surface area (Å²) in [7, 11) is 0. The molecule has 4 rings (SSSR count). The largest absolute Gasteiger partial charge is 0.486 e. The van der Waals surface area contributed by atoms with E-state index in [-0.39, 0.29) is 18.2 Å². The maximum Gasteiger partial charge on any atom is 0.291 e. The van der Waals surface area contributed by atoms with Gasteiger partial charge in [0.15, 0.2) is 11.5 Å². The minimum Gasteiger partial charge on any atom is -0.486 e. The van der Waals surface area contributed by atoms with Crippen molar-refractivity contribution in [3.63, 3.8) is 0 Å². The average Bonchev–Trinajstić information content (AvgIpc) is 3.38. The van der Waals surface area contributed by atoms with Gasteiger partial charge in [-0.3, -0.25) is 9.59 Å². The fourth-order valence-corrected chi connectivity index (χ4v) is 3.77. The minimum atomic E-state index is -0.474. The third-order valence-corrected chi connectivity index (χ3v) is 6.07. The van der Waals surface area contributed by atoms with Crippen LogP contribution in [0.3, 0.4) is 0 Å². The topological polar surface area (TPSA) is 68.5 Å². The van der Waals surface area contributed by atoms with Crippen LogP contribution in [0, 0.1) is 0 Å². The second-order valence-electron chi connectivity index (χ2n) is 8.27. The van der Waals surface area contributed by atoms with Crippen LogP contribution in [-0.2, 0) is 6.61 Å². The van der Waals surface area contributed by atoms with Gasteiger partial charge in [0.2, 0.25) is 0 Å².